The summed E-state index contributed by atoms with van der Waals surface area (Å²) in [6.07, 6.45) is 4.11. The molecule has 0 unspecified atom stereocenters. The van der Waals surface area contributed by atoms with Crippen LogP contribution >= 0.6 is 15.9 Å². The molecule has 0 radical (unpaired) electrons. The summed E-state index contributed by atoms with van der Waals surface area (Å²) in [5.74, 6) is 0.0860. The average Bonchev–Trinajstić information content (AvgIpc) is 3.02. The molecule has 0 bridgehead atoms. The van der Waals surface area contributed by atoms with Gasteiger partial charge < -0.3 is 4.90 Å². The quantitative estimate of drug-likeness (QED) is 0.799. The molecule has 0 spiro atoms. The fraction of sp³-hybridized carbons (Fsp3) is 0.500. The third-order valence-electron chi connectivity index (χ3n) is 3.39. The molecule has 114 valence electrons. The summed E-state index contributed by atoms with van der Waals surface area (Å²) in [7, 11) is 1.80. The predicted octanol–water partition coefficient (Wildman–Crippen LogP) is 2.22. The van der Waals surface area contributed by atoms with Crippen molar-refractivity contribution in [3.05, 3.63) is 34.3 Å². The molecule has 21 heavy (non-hydrogen) atoms. The van der Waals surface area contributed by atoms with E-state index >= 15 is 0 Å². The van der Waals surface area contributed by atoms with Gasteiger partial charge in [0.1, 0.15) is 0 Å². The Hall–Kier alpha value is -1.63. The smallest absolute Gasteiger partial charge is 0.224 e. The van der Waals surface area contributed by atoms with Gasteiger partial charge in [0.2, 0.25) is 5.91 Å². The Bertz CT molecular complexity index is 619. The summed E-state index contributed by atoms with van der Waals surface area (Å²) in [6.45, 7) is 5.94. The van der Waals surface area contributed by atoms with Crippen molar-refractivity contribution in [3.63, 3.8) is 0 Å². The number of halogens is 1. The van der Waals surface area contributed by atoms with Crippen LogP contribution in [0, 0.1) is 6.92 Å². The second kappa shape index (κ2) is 6.89. The first-order valence-electron chi connectivity index (χ1n) is 6.95. The number of aromatic nitrogens is 4. The van der Waals surface area contributed by atoms with Crippen LogP contribution in [0.4, 0.5) is 0 Å². The first-order chi connectivity index (χ1) is 10.0. The van der Waals surface area contributed by atoms with Crippen molar-refractivity contribution in [3.8, 4) is 0 Å². The van der Waals surface area contributed by atoms with E-state index in [1.807, 2.05) is 35.5 Å². The van der Waals surface area contributed by atoms with E-state index in [0.29, 0.717) is 19.5 Å². The minimum Gasteiger partial charge on any atom is -0.340 e. The Morgan fingerprint density at radius 3 is 2.81 bits per heavy atom. The van der Waals surface area contributed by atoms with Gasteiger partial charge in [-0.3, -0.25) is 14.2 Å². The van der Waals surface area contributed by atoms with Gasteiger partial charge in [-0.1, -0.05) is 0 Å². The summed E-state index contributed by atoms with van der Waals surface area (Å²) in [4.78, 5) is 13.9. The average molecular weight is 354 g/mol. The number of carbonyl (C=O) groups is 1. The molecule has 1 amide bonds. The first kappa shape index (κ1) is 15.8. The fourth-order valence-electron chi connectivity index (χ4n) is 2.04. The predicted molar refractivity (Wildman–Crippen MR) is 83.7 cm³/mol. The van der Waals surface area contributed by atoms with Crippen molar-refractivity contribution < 1.29 is 4.79 Å². The molecule has 2 aromatic rings. The first-order valence-corrected chi connectivity index (χ1v) is 7.74. The van der Waals surface area contributed by atoms with Gasteiger partial charge >= 0.3 is 0 Å². The zero-order chi connectivity index (χ0) is 15.4. The summed E-state index contributed by atoms with van der Waals surface area (Å²) < 4.78 is 4.63. The lowest BCUT2D eigenvalue weighted by molar-refractivity contribution is -0.130. The summed E-state index contributed by atoms with van der Waals surface area (Å²) in [6, 6.07) is 1.93. The van der Waals surface area contributed by atoms with Crippen LogP contribution in [-0.4, -0.2) is 37.4 Å². The highest BCUT2D eigenvalue weighted by molar-refractivity contribution is 9.10. The lowest BCUT2D eigenvalue weighted by Gasteiger charge is -2.16. The maximum atomic E-state index is 12.2. The van der Waals surface area contributed by atoms with Gasteiger partial charge in [0.25, 0.3) is 0 Å². The Kier molecular flexibility index (Phi) is 5.17. The zero-order valence-corrected chi connectivity index (χ0v) is 14.2. The van der Waals surface area contributed by atoms with Gasteiger partial charge in [-0.25, -0.2) is 0 Å². The highest BCUT2D eigenvalue weighted by atomic mass is 79.9. The van der Waals surface area contributed by atoms with Crippen LogP contribution in [0.1, 0.15) is 24.7 Å². The standard InChI is InChI=1S/C14H20BrN5O/c1-4-19-9-12(15)13(17-19)10-18(3)14(21)6-8-20-11(2)5-7-16-20/h5,7,9H,4,6,8,10H2,1-3H3. The molecule has 2 rings (SSSR count). The van der Waals surface area contributed by atoms with Crippen molar-refractivity contribution in [2.75, 3.05) is 7.05 Å². The molecule has 2 heterocycles. The third kappa shape index (κ3) is 3.93. The van der Waals surface area contributed by atoms with Gasteiger partial charge in [-0.15, -0.1) is 0 Å². The van der Waals surface area contributed by atoms with E-state index in [4.69, 9.17) is 0 Å². The van der Waals surface area contributed by atoms with E-state index in [-0.39, 0.29) is 5.91 Å². The highest BCUT2D eigenvalue weighted by Gasteiger charge is 2.14. The van der Waals surface area contributed by atoms with Crippen molar-refractivity contribution in [2.45, 2.75) is 39.9 Å². The van der Waals surface area contributed by atoms with E-state index < -0.39 is 0 Å². The Balaban J connectivity index is 1.90. The van der Waals surface area contributed by atoms with Crippen LogP contribution < -0.4 is 0 Å². The molecule has 0 atom stereocenters. The molecule has 0 aromatic carbocycles. The molecular formula is C14H20BrN5O. The van der Waals surface area contributed by atoms with Gasteiger partial charge in [0.15, 0.2) is 0 Å². The minimum atomic E-state index is 0.0860. The van der Waals surface area contributed by atoms with Crippen LogP contribution in [0.3, 0.4) is 0 Å². The van der Waals surface area contributed by atoms with Crippen LogP contribution in [0.5, 0.6) is 0 Å². The van der Waals surface area contributed by atoms with E-state index in [1.165, 1.54) is 0 Å². The van der Waals surface area contributed by atoms with Crippen molar-refractivity contribution in [1.82, 2.24) is 24.5 Å². The molecule has 0 N–H and O–H groups in total. The normalized spacial score (nSPS) is 10.9. The lowest BCUT2D eigenvalue weighted by Crippen LogP contribution is -2.27. The molecule has 0 saturated carbocycles. The second-order valence-electron chi connectivity index (χ2n) is 4.97. The Labute approximate surface area is 132 Å². The molecule has 0 aliphatic rings. The minimum absolute atomic E-state index is 0.0860. The maximum Gasteiger partial charge on any atom is 0.224 e. The van der Waals surface area contributed by atoms with E-state index in [9.17, 15) is 4.79 Å². The van der Waals surface area contributed by atoms with Crippen LogP contribution in [0.2, 0.25) is 0 Å². The second-order valence-corrected chi connectivity index (χ2v) is 5.83. The van der Waals surface area contributed by atoms with E-state index in [1.54, 1.807) is 18.1 Å². The van der Waals surface area contributed by atoms with Gasteiger partial charge in [-0.05, 0) is 35.8 Å². The number of hydrogen-bond acceptors (Lipinski definition) is 3. The highest BCUT2D eigenvalue weighted by Crippen LogP contribution is 2.16. The number of amides is 1. The van der Waals surface area contributed by atoms with Gasteiger partial charge in [-0.2, -0.15) is 10.2 Å². The Morgan fingerprint density at radius 1 is 1.48 bits per heavy atom. The number of rotatable bonds is 6. The third-order valence-corrected chi connectivity index (χ3v) is 4.05. The number of hydrogen-bond donors (Lipinski definition) is 0. The Morgan fingerprint density at radius 2 is 2.24 bits per heavy atom. The van der Waals surface area contributed by atoms with Crippen molar-refractivity contribution >= 4 is 21.8 Å². The number of carbonyl (C=O) groups excluding carboxylic acids is 1. The number of aryl methyl sites for hydroxylation is 3. The van der Waals surface area contributed by atoms with Crippen molar-refractivity contribution in [2.24, 2.45) is 0 Å². The zero-order valence-electron chi connectivity index (χ0n) is 12.6. The lowest BCUT2D eigenvalue weighted by atomic mass is 10.3. The molecule has 7 heteroatoms. The monoisotopic (exact) mass is 353 g/mol. The van der Waals surface area contributed by atoms with Crippen LogP contribution in [-0.2, 0) is 24.4 Å². The molecule has 0 aliphatic heterocycles. The van der Waals surface area contributed by atoms with E-state index in [2.05, 4.69) is 26.1 Å². The molecule has 6 nitrogen and oxygen atoms in total. The molecule has 2 aromatic heterocycles. The van der Waals surface area contributed by atoms with Gasteiger partial charge in [0, 0.05) is 44.6 Å². The van der Waals surface area contributed by atoms with Crippen molar-refractivity contribution in [1.29, 1.82) is 0 Å². The summed E-state index contributed by atoms with van der Waals surface area (Å²) >= 11 is 3.48. The molecule has 0 aliphatic carbocycles. The van der Waals surface area contributed by atoms with Crippen LogP contribution in [0.15, 0.2) is 22.9 Å². The largest absolute Gasteiger partial charge is 0.340 e. The molecule has 0 saturated heterocycles. The SMILES string of the molecule is CCn1cc(Br)c(CN(C)C(=O)CCn2nccc2C)n1. The number of nitrogens with zero attached hydrogens (tertiary/aromatic N) is 5. The topological polar surface area (TPSA) is 56.0 Å². The maximum absolute atomic E-state index is 12.2. The summed E-state index contributed by atoms with van der Waals surface area (Å²) in [5, 5.41) is 8.62. The molecular weight excluding hydrogens is 334 g/mol. The molecule has 0 fully saturated rings. The fourth-order valence-corrected chi connectivity index (χ4v) is 2.49. The van der Waals surface area contributed by atoms with E-state index in [0.717, 1.165) is 22.4 Å². The summed E-state index contributed by atoms with van der Waals surface area (Å²) in [5.41, 5.74) is 1.94. The van der Waals surface area contributed by atoms with Crippen LogP contribution in [0.25, 0.3) is 0 Å². The van der Waals surface area contributed by atoms with Gasteiger partial charge in [0.05, 0.1) is 16.7 Å².